The Morgan fingerprint density at radius 3 is 2.48 bits per heavy atom. The minimum Gasteiger partial charge on any atom is -0.395 e. The average molecular weight is 380 g/mol. The Hall–Kier alpha value is -1.65. The highest BCUT2D eigenvalue weighted by Gasteiger charge is 2.35. The molecular weight excluding hydrogens is 361 g/mol. The maximum Gasteiger partial charge on any atom is 0.416 e. The van der Waals surface area contributed by atoms with E-state index in [0.29, 0.717) is 6.07 Å². The summed E-state index contributed by atoms with van der Waals surface area (Å²) in [7, 11) is -4.05. The van der Waals surface area contributed by atoms with Crippen molar-refractivity contribution in [3.8, 4) is 0 Å². The Morgan fingerprint density at radius 1 is 1.28 bits per heavy atom. The van der Waals surface area contributed by atoms with E-state index in [1.54, 1.807) is 0 Å². The Kier molecular flexibility index (Phi) is 6.07. The molecule has 1 aliphatic heterocycles. The van der Waals surface area contributed by atoms with E-state index in [1.807, 2.05) is 0 Å². The van der Waals surface area contributed by atoms with E-state index >= 15 is 0 Å². The summed E-state index contributed by atoms with van der Waals surface area (Å²) in [6.45, 7) is 0.0433. The van der Waals surface area contributed by atoms with Gasteiger partial charge in [-0.15, -0.1) is 0 Å². The lowest BCUT2D eigenvalue weighted by Gasteiger charge is -2.30. The summed E-state index contributed by atoms with van der Waals surface area (Å²) in [6.07, 6.45) is -4.08. The number of benzene rings is 1. The Balaban J connectivity index is 2.08. The van der Waals surface area contributed by atoms with Crippen LogP contribution in [-0.4, -0.2) is 50.0 Å². The molecule has 0 spiro atoms. The third kappa shape index (κ3) is 4.71. The zero-order valence-electron chi connectivity index (χ0n) is 13.3. The fraction of sp³-hybridized carbons (Fsp3) is 0.533. The maximum absolute atomic E-state index is 12.8. The van der Waals surface area contributed by atoms with Gasteiger partial charge < -0.3 is 10.4 Å². The predicted octanol–water partition coefficient (Wildman–Crippen LogP) is 1.21. The molecule has 1 aromatic rings. The number of halogens is 3. The van der Waals surface area contributed by atoms with Crippen molar-refractivity contribution in [1.29, 1.82) is 0 Å². The van der Waals surface area contributed by atoms with Crippen LogP contribution in [0.1, 0.15) is 18.4 Å². The van der Waals surface area contributed by atoms with E-state index in [9.17, 15) is 26.4 Å². The van der Waals surface area contributed by atoms with E-state index < -0.39 is 26.7 Å². The second kappa shape index (κ2) is 7.71. The van der Waals surface area contributed by atoms with Crippen molar-refractivity contribution in [1.82, 2.24) is 9.62 Å². The molecular formula is C15H19F3N2O4S. The summed E-state index contributed by atoms with van der Waals surface area (Å²) in [5.74, 6) is -0.635. The maximum atomic E-state index is 12.8. The highest BCUT2D eigenvalue weighted by molar-refractivity contribution is 7.89. The van der Waals surface area contributed by atoms with Crippen LogP contribution in [0.2, 0.25) is 0 Å². The van der Waals surface area contributed by atoms with Crippen LogP contribution in [0.4, 0.5) is 13.2 Å². The number of alkyl halides is 3. The van der Waals surface area contributed by atoms with Gasteiger partial charge in [0.05, 0.1) is 17.1 Å². The van der Waals surface area contributed by atoms with Gasteiger partial charge in [0.25, 0.3) is 0 Å². The molecule has 1 fully saturated rings. The molecule has 0 aromatic heterocycles. The van der Waals surface area contributed by atoms with Crippen molar-refractivity contribution in [3.05, 3.63) is 29.8 Å². The third-order valence-electron chi connectivity index (χ3n) is 4.03. The number of hydrogen-bond acceptors (Lipinski definition) is 4. The van der Waals surface area contributed by atoms with E-state index in [2.05, 4.69) is 5.32 Å². The lowest BCUT2D eigenvalue weighted by Crippen LogP contribution is -2.43. The van der Waals surface area contributed by atoms with Crippen molar-refractivity contribution in [3.63, 3.8) is 0 Å². The molecule has 1 heterocycles. The van der Waals surface area contributed by atoms with Crippen LogP contribution >= 0.6 is 0 Å². The number of carbonyl (C=O) groups excluding carboxylic acids is 1. The Labute approximate surface area is 143 Å². The second-order valence-electron chi connectivity index (χ2n) is 5.72. The molecule has 6 nitrogen and oxygen atoms in total. The lowest BCUT2D eigenvalue weighted by molar-refractivity contribution is -0.137. The summed E-state index contributed by atoms with van der Waals surface area (Å²) < 4.78 is 64.5. The fourth-order valence-electron chi connectivity index (χ4n) is 2.66. The topological polar surface area (TPSA) is 86.7 Å². The van der Waals surface area contributed by atoms with Gasteiger partial charge >= 0.3 is 6.18 Å². The number of nitrogens with one attached hydrogen (secondary N) is 1. The van der Waals surface area contributed by atoms with Gasteiger partial charge in [-0.25, -0.2) is 8.42 Å². The van der Waals surface area contributed by atoms with Gasteiger partial charge in [-0.1, -0.05) is 6.07 Å². The first-order valence-corrected chi connectivity index (χ1v) is 9.16. The first kappa shape index (κ1) is 19.7. The number of aliphatic hydroxyl groups is 1. The van der Waals surface area contributed by atoms with Crippen molar-refractivity contribution in [2.75, 3.05) is 26.2 Å². The number of sulfonamides is 1. The second-order valence-corrected chi connectivity index (χ2v) is 7.66. The number of piperidine rings is 1. The molecule has 0 aliphatic carbocycles. The minimum atomic E-state index is -4.62. The predicted molar refractivity (Wildman–Crippen MR) is 83.0 cm³/mol. The van der Waals surface area contributed by atoms with Crippen molar-refractivity contribution < 1.29 is 31.5 Å². The molecule has 0 saturated carbocycles. The highest BCUT2D eigenvalue weighted by Crippen LogP contribution is 2.32. The fourth-order valence-corrected chi connectivity index (χ4v) is 4.18. The van der Waals surface area contributed by atoms with Crippen LogP contribution in [0.15, 0.2) is 29.2 Å². The Morgan fingerprint density at radius 2 is 1.92 bits per heavy atom. The van der Waals surface area contributed by atoms with Gasteiger partial charge in [-0.05, 0) is 31.0 Å². The summed E-state index contributed by atoms with van der Waals surface area (Å²) in [4.78, 5) is 11.4. The monoisotopic (exact) mass is 380 g/mol. The molecule has 0 unspecified atom stereocenters. The van der Waals surface area contributed by atoms with Crippen LogP contribution in [0, 0.1) is 5.92 Å². The quantitative estimate of drug-likeness (QED) is 0.804. The first-order valence-electron chi connectivity index (χ1n) is 7.72. The van der Waals surface area contributed by atoms with Gasteiger partial charge in [0, 0.05) is 25.6 Å². The van der Waals surface area contributed by atoms with Gasteiger partial charge in [0.2, 0.25) is 15.9 Å². The molecule has 25 heavy (non-hydrogen) atoms. The van der Waals surface area contributed by atoms with Crippen molar-refractivity contribution >= 4 is 15.9 Å². The van der Waals surface area contributed by atoms with Gasteiger partial charge in [0.15, 0.2) is 0 Å². The number of amides is 1. The van der Waals surface area contributed by atoms with Crippen LogP contribution in [0.25, 0.3) is 0 Å². The largest absolute Gasteiger partial charge is 0.416 e. The van der Waals surface area contributed by atoms with Crippen LogP contribution in [0.5, 0.6) is 0 Å². The van der Waals surface area contributed by atoms with Crippen molar-refractivity contribution in [2.45, 2.75) is 23.9 Å². The normalized spacial score (nSPS) is 17.4. The number of aliphatic hydroxyl groups excluding tert-OH is 1. The molecule has 0 bridgehead atoms. The molecule has 1 saturated heterocycles. The van der Waals surface area contributed by atoms with Crippen LogP contribution in [0.3, 0.4) is 0 Å². The third-order valence-corrected chi connectivity index (χ3v) is 5.93. The summed E-state index contributed by atoms with van der Waals surface area (Å²) in [5, 5.41) is 11.2. The SMILES string of the molecule is O=C(NCCO)C1CCN(S(=O)(=O)c2cccc(C(F)(F)F)c2)CC1. The summed E-state index contributed by atoms with van der Waals surface area (Å²) in [6, 6.07) is 3.63. The van der Waals surface area contributed by atoms with Crippen LogP contribution < -0.4 is 5.32 Å². The molecule has 140 valence electrons. The number of nitrogens with zero attached hydrogens (tertiary/aromatic N) is 1. The Bertz CT molecular complexity index is 714. The highest BCUT2D eigenvalue weighted by atomic mass is 32.2. The van der Waals surface area contributed by atoms with E-state index in [1.165, 1.54) is 0 Å². The first-order chi connectivity index (χ1) is 11.7. The smallest absolute Gasteiger partial charge is 0.395 e. The molecule has 1 aliphatic rings. The standard InChI is InChI=1S/C15H19F3N2O4S/c16-15(17,18)12-2-1-3-13(10-12)25(23,24)20-7-4-11(5-8-20)14(22)19-6-9-21/h1-3,10-11,21H,4-9H2,(H,19,22). The van der Waals surface area contributed by atoms with E-state index in [4.69, 9.17) is 5.11 Å². The van der Waals surface area contributed by atoms with E-state index in [-0.39, 0.29) is 50.9 Å². The molecule has 0 radical (unpaired) electrons. The summed E-state index contributed by atoms with van der Waals surface area (Å²) in [5.41, 5.74) is -1.02. The molecule has 2 N–H and O–H groups in total. The zero-order valence-corrected chi connectivity index (χ0v) is 14.1. The number of rotatable bonds is 5. The van der Waals surface area contributed by atoms with Gasteiger partial charge in [-0.3, -0.25) is 4.79 Å². The average Bonchev–Trinajstić information content (AvgIpc) is 2.59. The minimum absolute atomic E-state index is 0.0514. The molecule has 10 heteroatoms. The van der Waals surface area contributed by atoms with E-state index in [0.717, 1.165) is 22.5 Å². The van der Waals surface area contributed by atoms with Gasteiger partial charge in [-0.2, -0.15) is 17.5 Å². The van der Waals surface area contributed by atoms with Crippen LogP contribution in [-0.2, 0) is 21.0 Å². The van der Waals surface area contributed by atoms with Crippen molar-refractivity contribution in [2.24, 2.45) is 5.92 Å². The number of carbonyl (C=O) groups is 1. The summed E-state index contributed by atoms with van der Waals surface area (Å²) >= 11 is 0. The lowest BCUT2D eigenvalue weighted by atomic mass is 9.97. The molecule has 1 aromatic carbocycles. The zero-order chi connectivity index (χ0) is 18.7. The van der Waals surface area contributed by atoms with Gasteiger partial charge in [0.1, 0.15) is 0 Å². The molecule has 2 rings (SSSR count). The number of hydrogen-bond donors (Lipinski definition) is 2. The molecule has 1 amide bonds. The molecule has 0 atom stereocenters.